The molecule has 1 amide bonds. The molecule has 0 unspecified atom stereocenters. The molecule has 5 heteroatoms. The number of amides is 1. The first-order chi connectivity index (χ1) is 9.11. The van der Waals surface area contributed by atoms with Gasteiger partial charge in [0.25, 0.3) is 5.91 Å². The molecule has 1 heterocycles. The molecule has 0 aliphatic carbocycles. The van der Waals surface area contributed by atoms with Crippen LogP contribution < -0.4 is 5.32 Å². The van der Waals surface area contributed by atoms with Crippen molar-refractivity contribution in [1.29, 1.82) is 0 Å². The van der Waals surface area contributed by atoms with Gasteiger partial charge in [0.2, 0.25) is 0 Å². The van der Waals surface area contributed by atoms with Crippen LogP contribution in [0.3, 0.4) is 0 Å². The van der Waals surface area contributed by atoms with Crippen molar-refractivity contribution in [2.24, 2.45) is 0 Å². The van der Waals surface area contributed by atoms with Gasteiger partial charge in [0, 0.05) is 34.9 Å². The Balaban J connectivity index is 2.00. The Morgan fingerprint density at radius 3 is 2.63 bits per heavy atom. The molecule has 0 atom stereocenters. The predicted octanol–water partition coefficient (Wildman–Crippen LogP) is 2.79. The van der Waals surface area contributed by atoms with Gasteiger partial charge in [0.1, 0.15) is 0 Å². The molecular weight excluding hydrogens is 262 g/mol. The molecule has 0 spiro atoms. The van der Waals surface area contributed by atoms with Crippen LogP contribution in [0.4, 0.5) is 0 Å². The SMILES string of the molecule is CCn1ncc(CNC(=O)c2ccc(Cl)cc2)c1C. The molecule has 2 aromatic rings. The lowest BCUT2D eigenvalue weighted by molar-refractivity contribution is 0.0951. The first kappa shape index (κ1) is 13.6. The van der Waals surface area contributed by atoms with E-state index in [1.54, 1.807) is 30.5 Å². The highest BCUT2D eigenvalue weighted by Gasteiger charge is 2.08. The fourth-order valence-corrected chi connectivity index (χ4v) is 1.98. The molecular formula is C14H16ClN3O. The Morgan fingerprint density at radius 2 is 2.05 bits per heavy atom. The summed E-state index contributed by atoms with van der Waals surface area (Å²) in [5.74, 6) is -0.111. The van der Waals surface area contributed by atoms with E-state index in [2.05, 4.69) is 10.4 Å². The second-order valence-corrected chi connectivity index (χ2v) is 4.70. The average Bonchev–Trinajstić information content (AvgIpc) is 2.77. The van der Waals surface area contributed by atoms with Crippen LogP contribution >= 0.6 is 11.6 Å². The molecule has 0 saturated carbocycles. The number of rotatable bonds is 4. The summed E-state index contributed by atoms with van der Waals surface area (Å²) in [5, 5.41) is 7.74. The number of aromatic nitrogens is 2. The topological polar surface area (TPSA) is 46.9 Å². The van der Waals surface area contributed by atoms with Crippen molar-refractivity contribution in [1.82, 2.24) is 15.1 Å². The number of hydrogen-bond acceptors (Lipinski definition) is 2. The summed E-state index contributed by atoms with van der Waals surface area (Å²) in [7, 11) is 0. The molecule has 0 aliphatic heterocycles. The molecule has 1 N–H and O–H groups in total. The summed E-state index contributed by atoms with van der Waals surface area (Å²) in [6, 6.07) is 6.83. The molecule has 1 aromatic carbocycles. The Hall–Kier alpha value is -1.81. The molecule has 4 nitrogen and oxygen atoms in total. The third kappa shape index (κ3) is 3.15. The van der Waals surface area contributed by atoms with E-state index in [9.17, 15) is 4.79 Å². The average molecular weight is 278 g/mol. The first-order valence-electron chi connectivity index (χ1n) is 6.17. The Labute approximate surface area is 117 Å². The maximum absolute atomic E-state index is 11.9. The number of nitrogens with one attached hydrogen (secondary N) is 1. The summed E-state index contributed by atoms with van der Waals surface area (Å²) in [4.78, 5) is 11.9. The van der Waals surface area contributed by atoms with Crippen molar-refractivity contribution in [2.75, 3.05) is 0 Å². The van der Waals surface area contributed by atoms with Crippen molar-refractivity contribution >= 4 is 17.5 Å². The summed E-state index contributed by atoms with van der Waals surface area (Å²) in [6.07, 6.45) is 1.79. The van der Waals surface area contributed by atoms with E-state index in [0.717, 1.165) is 17.8 Å². The minimum atomic E-state index is -0.111. The standard InChI is InChI=1S/C14H16ClN3O/c1-3-18-10(2)12(9-17-18)8-16-14(19)11-4-6-13(15)7-5-11/h4-7,9H,3,8H2,1-2H3,(H,16,19). The fourth-order valence-electron chi connectivity index (χ4n) is 1.86. The van der Waals surface area contributed by atoms with Crippen molar-refractivity contribution in [3.63, 3.8) is 0 Å². The van der Waals surface area contributed by atoms with Crippen molar-refractivity contribution in [3.8, 4) is 0 Å². The quantitative estimate of drug-likeness (QED) is 0.934. The molecule has 0 aliphatic rings. The minimum absolute atomic E-state index is 0.111. The smallest absolute Gasteiger partial charge is 0.251 e. The molecule has 0 fully saturated rings. The summed E-state index contributed by atoms with van der Waals surface area (Å²) < 4.78 is 1.91. The highest BCUT2D eigenvalue weighted by Crippen LogP contribution is 2.10. The van der Waals surface area contributed by atoms with Gasteiger partial charge in [0.15, 0.2) is 0 Å². The van der Waals surface area contributed by atoms with Gasteiger partial charge in [-0.3, -0.25) is 9.48 Å². The second-order valence-electron chi connectivity index (χ2n) is 4.26. The first-order valence-corrected chi connectivity index (χ1v) is 6.54. The van der Waals surface area contributed by atoms with E-state index < -0.39 is 0 Å². The maximum Gasteiger partial charge on any atom is 0.251 e. The molecule has 0 saturated heterocycles. The second kappa shape index (κ2) is 5.89. The number of benzene rings is 1. The molecule has 19 heavy (non-hydrogen) atoms. The zero-order chi connectivity index (χ0) is 13.8. The zero-order valence-corrected chi connectivity index (χ0v) is 11.7. The monoisotopic (exact) mass is 277 g/mol. The van der Waals surface area contributed by atoms with Crippen LogP contribution in [0.2, 0.25) is 5.02 Å². The van der Waals surface area contributed by atoms with Gasteiger partial charge in [-0.1, -0.05) is 11.6 Å². The number of halogens is 1. The highest BCUT2D eigenvalue weighted by atomic mass is 35.5. The number of nitrogens with zero attached hydrogens (tertiary/aromatic N) is 2. The molecule has 1 aromatic heterocycles. The highest BCUT2D eigenvalue weighted by molar-refractivity contribution is 6.30. The van der Waals surface area contributed by atoms with Crippen LogP contribution in [0.15, 0.2) is 30.5 Å². The number of hydrogen-bond donors (Lipinski definition) is 1. The van der Waals surface area contributed by atoms with E-state index >= 15 is 0 Å². The van der Waals surface area contributed by atoms with E-state index in [1.165, 1.54) is 0 Å². The Morgan fingerprint density at radius 1 is 1.37 bits per heavy atom. The van der Waals surface area contributed by atoms with Gasteiger partial charge in [-0.25, -0.2) is 0 Å². The molecule has 0 bridgehead atoms. The van der Waals surface area contributed by atoms with E-state index in [-0.39, 0.29) is 5.91 Å². The lowest BCUT2D eigenvalue weighted by Crippen LogP contribution is -2.23. The van der Waals surface area contributed by atoms with Gasteiger partial charge in [0.05, 0.1) is 6.20 Å². The van der Waals surface area contributed by atoms with Crippen LogP contribution in [-0.4, -0.2) is 15.7 Å². The maximum atomic E-state index is 11.9. The Bertz CT molecular complexity index is 575. The molecule has 0 radical (unpaired) electrons. The van der Waals surface area contributed by atoms with Crippen LogP contribution in [0, 0.1) is 6.92 Å². The third-order valence-electron chi connectivity index (χ3n) is 3.05. The largest absolute Gasteiger partial charge is 0.348 e. The van der Waals surface area contributed by atoms with Crippen molar-refractivity contribution < 1.29 is 4.79 Å². The van der Waals surface area contributed by atoms with Crippen LogP contribution in [0.25, 0.3) is 0 Å². The summed E-state index contributed by atoms with van der Waals surface area (Å²) in [6.45, 7) is 5.35. The van der Waals surface area contributed by atoms with Crippen molar-refractivity contribution in [3.05, 3.63) is 52.3 Å². The van der Waals surface area contributed by atoms with Gasteiger partial charge in [-0.2, -0.15) is 5.10 Å². The number of carbonyl (C=O) groups is 1. The normalized spacial score (nSPS) is 10.5. The Kier molecular flexibility index (Phi) is 4.22. The fraction of sp³-hybridized carbons (Fsp3) is 0.286. The van der Waals surface area contributed by atoms with Gasteiger partial charge < -0.3 is 5.32 Å². The number of carbonyl (C=O) groups excluding carboxylic acids is 1. The van der Waals surface area contributed by atoms with Crippen LogP contribution in [0.1, 0.15) is 28.5 Å². The number of aryl methyl sites for hydroxylation is 1. The lowest BCUT2D eigenvalue weighted by atomic mass is 10.2. The van der Waals surface area contributed by atoms with Gasteiger partial charge in [-0.15, -0.1) is 0 Å². The zero-order valence-electron chi connectivity index (χ0n) is 11.0. The molecule has 100 valence electrons. The minimum Gasteiger partial charge on any atom is -0.348 e. The van der Waals surface area contributed by atoms with Crippen molar-refractivity contribution in [2.45, 2.75) is 26.9 Å². The van der Waals surface area contributed by atoms with Crippen LogP contribution in [0.5, 0.6) is 0 Å². The van der Waals surface area contributed by atoms with E-state index in [0.29, 0.717) is 17.1 Å². The summed E-state index contributed by atoms with van der Waals surface area (Å²) in [5.41, 5.74) is 2.72. The van der Waals surface area contributed by atoms with E-state index in [1.807, 2.05) is 18.5 Å². The van der Waals surface area contributed by atoms with E-state index in [4.69, 9.17) is 11.6 Å². The third-order valence-corrected chi connectivity index (χ3v) is 3.30. The van der Waals surface area contributed by atoms with Gasteiger partial charge >= 0.3 is 0 Å². The summed E-state index contributed by atoms with van der Waals surface area (Å²) >= 11 is 5.79. The van der Waals surface area contributed by atoms with Crippen LogP contribution in [-0.2, 0) is 13.1 Å². The van der Waals surface area contributed by atoms with Gasteiger partial charge in [-0.05, 0) is 38.1 Å². The molecule has 2 rings (SSSR count). The predicted molar refractivity (Wildman–Crippen MR) is 75.3 cm³/mol. The lowest BCUT2D eigenvalue weighted by Gasteiger charge is -2.05.